The monoisotopic (exact) mass is 378 g/mol. The van der Waals surface area contributed by atoms with Crippen molar-refractivity contribution in [2.75, 3.05) is 21.3 Å². The largest absolute Gasteiger partial charge is 0.493 e. The molecule has 0 amide bonds. The molecular formula is C21H30O6. The van der Waals surface area contributed by atoms with Crippen LogP contribution in [0.1, 0.15) is 37.9 Å². The number of benzene rings is 1. The van der Waals surface area contributed by atoms with E-state index in [0.29, 0.717) is 24.3 Å². The summed E-state index contributed by atoms with van der Waals surface area (Å²) in [5, 5.41) is 21.9. The van der Waals surface area contributed by atoms with Gasteiger partial charge in [-0.05, 0) is 36.5 Å². The Kier molecular flexibility index (Phi) is 5.54. The van der Waals surface area contributed by atoms with Crippen molar-refractivity contribution in [1.29, 1.82) is 0 Å². The highest BCUT2D eigenvalue weighted by atomic mass is 16.6. The van der Waals surface area contributed by atoms with Gasteiger partial charge in [0.2, 0.25) is 0 Å². The van der Waals surface area contributed by atoms with Crippen molar-refractivity contribution in [3.8, 4) is 11.5 Å². The van der Waals surface area contributed by atoms with E-state index in [9.17, 15) is 10.2 Å². The van der Waals surface area contributed by atoms with Crippen LogP contribution >= 0.6 is 0 Å². The number of fused-ring (bicyclic) bond motifs is 1. The average molecular weight is 378 g/mol. The van der Waals surface area contributed by atoms with Gasteiger partial charge in [-0.15, -0.1) is 6.58 Å². The van der Waals surface area contributed by atoms with Crippen LogP contribution in [0.5, 0.6) is 11.5 Å². The molecule has 0 aromatic heterocycles. The summed E-state index contributed by atoms with van der Waals surface area (Å²) in [7, 11) is 4.77. The second kappa shape index (κ2) is 7.43. The van der Waals surface area contributed by atoms with Gasteiger partial charge in [0.25, 0.3) is 0 Å². The molecular weight excluding hydrogens is 348 g/mol. The van der Waals surface area contributed by atoms with Crippen LogP contribution in [0, 0.1) is 11.3 Å². The Morgan fingerprint density at radius 1 is 1.22 bits per heavy atom. The number of aliphatic hydroxyl groups excluding tert-OH is 1. The van der Waals surface area contributed by atoms with E-state index in [0.717, 1.165) is 5.56 Å². The fraction of sp³-hybridized carbons (Fsp3) is 0.619. The summed E-state index contributed by atoms with van der Waals surface area (Å²) in [4.78, 5) is 0. The second-order valence-corrected chi connectivity index (χ2v) is 7.62. The smallest absolute Gasteiger partial charge is 0.175 e. The number of ether oxygens (including phenoxy) is 4. The van der Waals surface area contributed by atoms with Crippen LogP contribution in [0.15, 0.2) is 30.9 Å². The number of hydrogen-bond donors (Lipinski definition) is 2. The van der Waals surface area contributed by atoms with E-state index in [1.54, 1.807) is 21.3 Å². The van der Waals surface area contributed by atoms with Crippen LogP contribution in [0.3, 0.4) is 0 Å². The summed E-state index contributed by atoms with van der Waals surface area (Å²) in [6.07, 6.45) is 1.51. The third kappa shape index (κ3) is 3.05. The van der Waals surface area contributed by atoms with Crippen molar-refractivity contribution in [3.63, 3.8) is 0 Å². The average Bonchev–Trinajstić information content (AvgIpc) is 2.88. The zero-order valence-electron chi connectivity index (χ0n) is 16.5. The molecule has 3 rings (SSSR count). The van der Waals surface area contributed by atoms with Crippen molar-refractivity contribution in [3.05, 3.63) is 36.4 Å². The molecule has 150 valence electrons. The number of hydrogen-bond acceptors (Lipinski definition) is 6. The van der Waals surface area contributed by atoms with Gasteiger partial charge in [-0.1, -0.05) is 19.1 Å². The topological polar surface area (TPSA) is 77.4 Å². The predicted octanol–water partition coefficient (Wildman–Crippen LogP) is 2.83. The van der Waals surface area contributed by atoms with Crippen molar-refractivity contribution in [2.24, 2.45) is 11.3 Å². The molecule has 1 aliphatic heterocycles. The minimum Gasteiger partial charge on any atom is -0.493 e. The van der Waals surface area contributed by atoms with Crippen LogP contribution in [0.4, 0.5) is 0 Å². The summed E-state index contributed by atoms with van der Waals surface area (Å²) in [6.45, 7) is 5.96. The summed E-state index contributed by atoms with van der Waals surface area (Å²) in [5.41, 5.74) is 0.307. The zero-order valence-corrected chi connectivity index (χ0v) is 16.5. The maximum atomic E-state index is 11.5. The molecule has 1 aromatic carbocycles. The predicted molar refractivity (Wildman–Crippen MR) is 101 cm³/mol. The molecule has 0 spiro atoms. The van der Waals surface area contributed by atoms with Crippen molar-refractivity contribution < 1.29 is 29.2 Å². The highest BCUT2D eigenvalue weighted by Gasteiger charge is 2.66. The molecule has 6 nitrogen and oxygen atoms in total. The standard InChI is InChI=1S/C21H30O6/c1-6-9-20-12-18(26-5)15(22)11-21(20,23)27-19(13(20)2)14-7-8-16(24-3)17(10-14)25-4/h6-8,10,13,15,18-19,22-23H,1,9,11-12H2,2-5H3. The first kappa shape index (κ1) is 20.1. The Bertz CT molecular complexity index is 691. The Balaban J connectivity index is 2.02. The van der Waals surface area contributed by atoms with Gasteiger partial charge in [0, 0.05) is 18.9 Å². The first-order valence-electron chi connectivity index (χ1n) is 9.29. The van der Waals surface area contributed by atoms with Gasteiger partial charge in [0.15, 0.2) is 17.3 Å². The third-order valence-electron chi connectivity index (χ3n) is 6.45. The summed E-state index contributed by atoms with van der Waals surface area (Å²) in [5.74, 6) is -0.227. The van der Waals surface area contributed by atoms with E-state index in [-0.39, 0.29) is 24.5 Å². The van der Waals surface area contributed by atoms with Crippen molar-refractivity contribution in [2.45, 2.75) is 50.3 Å². The lowest BCUT2D eigenvalue weighted by Gasteiger charge is -2.50. The summed E-state index contributed by atoms with van der Waals surface area (Å²) < 4.78 is 22.5. The van der Waals surface area contributed by atoms with Crippen LogP contribution in [-0.2, 0) is 9.47 Å². The number of aliphatic hydroxyl groups is 2. The minimum absolute atomic E-state index is 0.0243. The van der Waals surface area contributed by atoms with E-state index < -0.39 is 17.3 Å². The Morgan fingerprint density at radius 3 is 2.52 bits per heavy atom. The first-order chi connectivity index (χ1) is 12.9. The lowest BCUT2D eigenvalue weighted by atomic mass is 9.59. The fourth-order valence-electron chi connectivity index (χ4n) is 4.89. The molecule has 1 aromatic rings. The quantitative estimate of drug-likeness (QED) is 0.742. The van der Waals surface area contributed by atoms with Crippen molar-refractivity contribution in [1.82, 2.24) is 0 Å². The van der Waals surface area contributed by atoms with Gasteiger partial charge in [0.1, 0.15) is 0 Å². The number of methoxy groups -OCH3 is 3. The Morgan fingerprint density at radius 2 is 1.93 bits per heavy atom. The molecule has 1 saturated heterocycles. The molecule has 6 heteroatoms. The third-order valence-corrected chi connectivity index (χ3v) is 6.45. The van der Waals surface area contributed by atoms with Gasteiger partial charge < -0.3 is 29.2 Å². The fourth-order valence-corrected chi connectivity index (χ4v) is 4.89. The molecule has 0 radical (unpaired) electrons. The molecule has 6 atom stereocenters. The van der Waals surface area contributed by atoms with Crippen LogP contribution in [0.2, 0.25) is 0 Å². The van der Waals surface area contributed by atoms with Crippen LogP contribution < -0.4 is 9.47 Å². The van der Waals surface area contributed by atoms with Crippen LogP contribution in [-0.4, -0.2) is 49.5 Å². The molecule has 2 aliphatic rings. The van der Waals surface area contributed by atoms with E-state index in [1.165, 1.54) is 0 Å². The highest BCUT2D eigenvalue weighted by Crippen LogP contribution is 2.63. The summed E-state index contributed by atoms with van der Waals surface area (Å²) >= 11 is 0. The lowest BCUT2D eigenvalue weighted by Crippen LogP contribution is -2.58. The number of rotatable bonds is 6. The van der Waals surface area contributed by atoms with E-state index in [2.05, 4.69) is 13.5 Å². The van der Waals surface area contributed by atoms with Gasteiger partial charge in [0.05, 0.1) is 32.5 Å². The molecule has 1 saturated carbocycles. The first-order valence-corrected chi connectivity index (χ1v) is 9.29. The van der Waals surface area contributed by atoms with Crippen molar-refractivity contribution >= 4 is 0 Å². The summed E-state index contributed by atoms with van der Waals surface area (Å²) in [6, 6.07) is 5.64. The second-order valence-electron chi connectivity index (χ2n) is 7.62. The van der Waals surface area contributed by atoms with Gasteiger partial charge in [-0.2, -0.15) is 0 Å². The van der Waals surface area contributed by atoms with Gasteiger partial charge >= 0.3 is 0 Å². The Labute approximate surface area is 160 Å². The van der Waals surface area contributed by atoms with Crippen LogP contribution in [0.25, 0.3) is 0 Å². The van der Waals surface area contributed by atoms with E-state index >= 15 is 0 Å². The maximum absolute atomic E-state index is 11.5. The SMILES string of the molecule is C=CCC12CC(OC)C(O)CC1(O)OC(c1ccc(OC)c(OC)c1)C2C. The van der Waals surface area contributed by atoms with E-state index in [4.69, 9.17) is 18.9 Å². The normalized spacial score (nSPS) is 38.3. The molecule has 1 heterocycles. The van der Waals surface area contributed by atoms with E-state index in [1.807, 2.05) is 24.3 Å². The molecule has 1 aliphatic carbocycles. The molecule has 0 bridgehead atoms. The molecule has 6 unspecified atom stereocenters. The Hall–Kier alpha value is -1.60. The molecule has 2 N–H and O–H groups in total. The van der Waals surface area contributed by atoms with Gasteiger partial charge in [-0.25, -0.2) is 0 Å². The lowest BCUT2D eigenvalue weighted by molar-refractivity contribution is -0.287. The zero-order chi connectivity index (χ0) is 19.8. The maximum Gasteiger partial charge on any atom is 0.175 e. The molecule has 2 fully saturated rings. The number of allylic oxidation sites excluding steroid dienone is 1. The molecule has 27 heavy (non-hydrogen) atoms. The van der Waals surface area contributed by atoms with Gasteiger partial charge in [-0.3, -0.25) is 0 Å². The minimum atomic E-state index is -1.45. The highest BCUT2D eigenvalue weighted by molar-refractivity contribution is 5.44.